The molecule has 0 saturated heterocycles. The molecular weight excluding hydrogens is 528 g/mol. The molecule has 2 fully saturated rings. The van der Waals surface area contributed by atoms with Crippen molar-refractivity contribution in [2.75, 3.05) is 26.3 Å². The molecule has 0 bridgehead atoms. The molecule has 0 spiro atoms. The van der Waals surface area contributed by atoms with Crippen LogP contribution in [0.4, 0.5) is 0 Å². The number of thiazole rings is 2. The topological polar surface area (TPSA) is 121 Å². The fourth-order valence-corrected chi connectivity index (χ4v) is 5.55. The minimum atomic E-state index is -0.637. The van der Waals surface area contributed by atoms with Gasteiger partial charge < -0.3 is 29.6 Å². The van der Waals surface area contributed by atoms with Crippen molar-refractivity contribution >= 4 is 34.6 Å². The number of carbonyl (C=O) groups is 2. The maximum Gasteiger partial charge on any atom is 0.331 e. The Balaban J connectivity index is 1.25. The summed E-state index contributed by atoms with van der Waals surface area (Å²) in [4.78, 5) is 33.3. The molecule has 2 aromatic rings. The minimum Gasteiger partial charge on any atom is -0.466 e. The smallest absolute Gasteiger partial charge is 0.331 e. The fourth-order valence-electron chi connectivity index (χ4n) is 4.56. The van der Waals surface area contributed by atoms with E-state index in [2.05, 4.69) is 20.6 Å². The molecule has 2 atom stereocenters. The van der Waals surface area contributed by atoms with Gasteiger partial charge >= 0.3 is 11.9 Å². The van der Waals surface area contributed by atoms with Gasteiger partial charge in [0.05, 0.1) is 0 Å². The Morgan fingerprint density at radius 3 is 1.58 bits per heavy atom. The predicted molar refractivity (Wildman–Crippen MR) is 145 cm³/mol. The lowest BCUT2D eigenvalue weighted by molar-refractivity contribution is -0.147. The third-order valence-electron chi connectivity index (χ3n) is 6.50. The highest BCUT2D eigenvalue weighted by Gasteiger charge is 2.22. The van der Waals surface area contributed by atoms with Crippen molar-refractivity contribution in [2.45, 2.75) is 75.7 Å². The van der Waals surface area contributed by atoms with Gasteiger partial charge in [-0.1, -0.05) is 48.4 Å². The highest BCUT2D eigenvalue weighted by molar-refractivity contribution is 7.11. The van der Waals surface area contributed by atoms with E-state index in [0.29, 0.717) is 35.6 Å². The van der Waals surface area contributed by atoms with Crippen molar-refractivity contribution in [3.63, 3.8) is 0 Å². The zero-order valence-corrected chi connectivity index (χ0v) is 23.1. The van der Waals surface area contributed by atoms with Crippen LogP contribution in [-0.2, 0) is 19.1 Å². The van der Waals surface area contributed by atoms with Crippen molar-refractivity contribution in [1.82, 2.24) is 20.6 Å². The summed E-state index contributed by atoms with van der Waals surface area (Å²) in [5.74, 6) is -1.27. The average molecular weight is 565 g/mol. The molecule has 2 aliphatic rings. The van der Waals surface area contributed by atoms with E-state index in [0.717, 1.165) is 37.8 Å². The Hall–Kier alpha value is -2.54. The number of ether oxygens (including phenoxy) is 4. The van der Waals surface area contributed by atoms with Gasteiger partial charge in [-0.05, 0) is 25.7 Å². The third-order valence-corrected chi connectivity index (χ3v) is 7.87. The summed E-state index contributed by atoms with van der Waals surface area (Å²) in [7, 11) is 0. The lowest BCUT2D eigenvalue weighted by Gasteiger charge is -2.20. The van der Waals surface area contributed by atoms with E-state index in [-0.39, 0.29) is 13.2 Å². The molecule has 38 heavy (non-hydrogen) atoms. The lowest BCUT2D eigenvalue weighted by atomic mass is 10.2. The van der Waals surface area contributed by atoms with E-state index in [9.17, 15) is 9.59 Å². The summed E-state index contributed by atoms with van der Waals surface area (Å²) >= 11 is 2.75. The van der Waals surface area contributed by atoms with E-state index in [1.54, 1.807) is 12.4 Å². The molecule has 2 unspecified atom stereocenters. The lowest BCUT2D eigenvalue weighted by Crippen LogP contribution is -2.39. The van der Waals surface area contributed by atoms with Crippen LogP contribution in [0.2, 0.25) is 0 Å². The second kappa shape index (κ2) is 15.8. The maximum absolute atomic E-state index is 12.5. The van der Waals surface area contributed by atoms with Gasteiger partial charge in [-0.25, -0.2) is 19.6 Å². The van der Waals surface area contributed by atoms with Crippen molar-refractivity contribution in [3.8, 4) is 10.4 Å². The van der Waals surface area contributed by atoms with Crippen molar-refractivity contribution < 1.29 is 28.5 Å². The molecular formula is C26H36N4O6S2. The van der Waals surface area contributed by atoms with Crippen LogP contribution in [0.5, 0.6) is 10.4 Å². The number of nitrogens with one attached hydrogen (secondary N) is 2. The first kappa shape index (κ1) is 28.5. The molecule has 2 heterocycles. The Morgan fingerprint density at radius 1 is 0.789 bits per heavy atom. The second-order valence-electron chi connectivity index (χ2n) is 9.45. The highest BCUT2D eigenvalue weighted by Crippen LogP contribution is 2.19. The number of aromatic nitrogens is 2. The van der Waals surface area contributed by atoms with E-state index in [4.69, 9.17) is 18.9 Å². The molecule has 0 aromatic carbocycles. The number of rotatable bonds is 16. The normalized spacial score (nSPS) is 18.0. The van der Waals surface area contributed by atoms with E-state index in [1.807, 2.05) is 10.8 Å². The second-order valence-corrected chi connectivity index (χ2v) is 11.2. The molecule has 0 aliphatic heterocycles. The van der Waals surface area contributed by atoms with Crippen LogP contribution in [0.3, 0.4) is 0 Å². The average Bonchev–Trinajstić information content (AvgIpc) is 3.75. The van der Waals surface area contributed by atoms with Gasteiger partial charge in [0, 0.05) is 60.5 Å². The van der Waals surface area contributed by atoms with Crippen LogP contribution >= 0.6 is 22.7 Å². The molecule has 0 amide bonds. The van der Waals surface area contributed by atoms with Crippen LogP contribution in [-0.4, -0.2) is 72.5 Å². The summed E-state index contributed by atoms with van der Waals surface area (Å²) in [6.45, 7) is 1.26. The van der Waals surface area contributed by atoms with Gasteiger partial charge in [-0.15, -0.1) is 0 Å². The van der Waals surface area contributed by atoms with Crippen LogP contribution in [0.1, 0.15) is 51.4 Å². The number of hydrogen-bond donors (Lipinski definition) is 2. The number of nitrogens with zero attached hydrogens (tertiary/aromatic N) is 2. The largest absolute Gasteiger partial charge is 0.466 e. The van der Waals surface area contributed by atoms with E-state index >= 15 is 0 Å². The Labute approximate surface area is 231 Å². The summed E-state index contributed by atoms with van der Waals surface area (Å²) < 4.78 is 22.5. The Morgan fingerprint density at radius 2 is 1.21 bits per heavy atom. The molecule has 2 saturated carbocycles. The van der Waals surface area contributed by atoms with E-state index < -0.39 is 24.1 Å². The van der Waals surface area contributed by atoms with Gasteiger partial charge in [0.1, 0.15) is 25.4 Å². The molecule has 2 N–H and O–H groups in total. The highest BCUT2D eigenvalue weighted by atomic mass is 32.1. The van der Waals surface area contributed by atoms with Crippen LogP contribution < -0.4 is 20.1 Å². The van der Waals surface area contributed by atoms with E-state index in [1.165, 1.54) is 48.4 Å². The Bertz CT molecular complexity index is 898. The number of hydrogen-bond acceptors (Lipinski definition) is 12. The van der Waals surface area contributed by atoms with Gasteiger partial charge in [0.2, 0.25) is 0 Å². The van der Waals surface area contributed by atoms with Gasteiger partial charge in [-0.2, -0.15) is 0 Å². The summed E-state index contributed by atoms with van der Waals surface area (Å²) in [6, 6.07) is 0.839. The van der Waals surface area contributed by atoms with Crippen molar-refractivity contribution in [2.24, 2.45) is 0 Å². The van der Waals surface area contributed by atoms with Crippen LogP contribution in [0.15, 0.2) is 35.3 Å². The predicted octanol–water partition coefficient (Wildman–Crippen LogP) is 3.50. The monoisotopic (exact) mass is 564 g/mol. The third kappa shape index (κ3) is 10.3. The molecule has 0 radical (unpaired) electrons. The zero-order valence-electron chi connectivity index (χ0n) is 21.4. The molecule has 2 aliphatic carbocycles. The molecule has 12 heteroatoms. The van der Waals surface area contributed by atoms with Gasteiger partial charge in [0.15, 0.2) is 0 Å². The summed E-state index contributed by atoms with van der Waals surface area (Å²) in [5.41, 5.74) is 0. The summed E-state index contributed by atoms with van der Waals surface area (Å²) in [6.07, 6.45) is 13.7. The van der Waals surface area contributed by atoms with Crippen molar-refractivity contribution in [1.29, 1.82) is 0 Å². The fraction of sp³-hybridized carbons (Fsp3) is 0.615. The Kier molecular flexibility index (Phi) is 11.8. The van der Waals surface area contributed by atoms with Gasteiger partial charge in [0.25, 0.3) is 10.4 Å². The van der Waals surface area contributed by atoms with Crippen molar-refractivity contribution in [3.05, 3.63) is 35.3 Å². The molecule has 2 aromatic heterocycles. The maximum atomic E-state index is 12.5. The van der Waals surface area contributed by atoms with Crippen LogP contribution in [0, 0.1) is 0 Å². The van der Waals surface area contributed by atoms with Gasteiger partial charge in [-0.3, -0.25) is 0 Å². The molecule has 208 valence electrons. The summed E-state index contributed by atoms with van der Waals surface area (Å²) in [5, 5.41) is 11.6. The molecule has 4 rings (SSSR count). The first-order valence-electron chi connectivity index (χ1n) is 13.2. The first-order chi connectivity index (χ1) is 18.6. The quantitative estimate of drug-likeness (QED) is 0.231. The SMILES string of the molecule is O=C(/C=C\C(=O)OC(CNC1CCCC1)COc1nccs1)OC(CNC1CCCC1)COc1nccs1. The minimum absolute atomic E-state index is 0.167. The standard InChI is InChI=1S/C26H36N4O6S2/c31-23(35-21(15-29-19-5-1-2-6-19)17-33-25-27-11-13-37-25)9-10-24(32)36-22(16-30-20-7-3-4-8-20)18-34-26-28-12-14-38-26/h9-14,19-22,29-30H,1-8,15-18H2/b10-9-. The molecule has 10 nitrogen and oxygen atoms in total. The number of esters is 2. The first-order valence-corrected chi connectivity index (χ1v) is 15.0. The zero-order chi connectivity index (χ0) is 26.4. The number of carbonyl (C=O) groups excluding carboxylic acids is 2. The van der Waals surface area contributed by atoms with Crippen LogP contribution in [0.25, 0.3) is 0 Å².